The number of benzene rings is 2. The first kappa shape index (κ1) is 17.9. The number of aromatic nitrogens is 3. The Hall–Kier alpha value is -3.54. The molecule has 6 heteroatoms. The number of ether oxygens (including phenoxy) is 2. The summed E-state index contributed by atoms with van der Waals surface area (Å²) in [5.41, 5.74) is 3.16. The second-order valence-corrected chi connectivity index (χ2v) is 6.46. The van der Waals surface area contributed by atoms with Gasteiger partial charge in [0.05, 0.1) is 27.0 Å². The van der Waals surface area contributed by atoms with Gasteiger partial charge in [-0.15, -0.1) is 0 Å². The van der Waals surface area contributed by atoms with Crippen LogP contribution in [0, 0.1) is 0 Å². The van der Waals surface area contributed by atoms with Crippen LogP contribution in [0.1, 0.15) is 11.1 Å². The Morgan fingerprint density at radius 2 is 1.46 bits per heavy atom. The van der Waals surface area contributed by atoms with Gasteiger partial charge in [0.15, 0.2) is 5.65 Å². The van der Waals surface area contributed by atoms with E-state index in [2.05, 4.69) is 10.4 Å². The fourth-order valence-electron chi connectivity index (χ4n) is 3.01. The van der Waals surface area contributed by atoms with Crippen LogP contribution >= 0.6 is 0 Å². The highest BCUT2D eigenvalue weighted by Gasteiger charge is 2.07. The Bertz CT molecular complexity index is 1060. The van der Waals surface area contributed by atoms with Gasteiger partial charge in [-0.05, 0) is 47.5 Å². The molecule has 1 N–H and O–H groups in total. The van der Waals surface area contributed by atoms with Crippen LogP contribution < -0.4 is 14.8 Å². The van der Waals surface area contributed by atoms with Crippen LogP contribution in [0.5, 0.6) is 11.5 Å². The minimum absolute atomic E-state index is 0.655. The molecular weight excluding hydrogens is 352 g/mol. The number of pyridine rings is 1. The predicted molar refractivity (Wildman–Crippen MR) is 110 cm³/mol. The molecule has 0 saturated carbocycles. The van der Waals surface area contributed by atoms with Crippen molar-refractivity contribution < 1.29 is 9.47 Å². The maximum Gasteiger partial charge on any atom is 0.160 e. The lowest BCUT2D eigenvalue weighted by Crippen LogP contribution is -2.05. The molecule has 142 valence electrons. The lowest BCUT2D eigenvalue weighted by Gasteiger charge is -2.08. The van der Waals surface area contributed by atoms with Crippen molar-refractivity contribution in [2.24, 2.45) is 0 Å². The van der Waals surface area contributed by atoms with E-state index in [1.54, 1.807) is 14.2 Å². The highest BCUT2D eigenvalue weighted by Crippen LogP contribution is 2.18. The van der Waals surface area contributed by atoms with Gasteiger partial charge in [0.1, 0.15) is 17.3 Å². The molecular formula is C22H22N4O2. The van der Waals surface area contributed by atoms with Gasteiger partial charge in [-0.2, -0.15) is 5.10 Å². The molecule has 0 atom stereocenters. The topological polar surface area (TPSA) is 61.2 Å². The summed E-state index contributed by atoms with van der Waals surface area (Å²) < 4.78 is 12.3. The standard InChI is InChI=1S/C22H22N4O2/c1-27-19-8-3-16(4-9-19)13-23-21-12-7-18-14-24-26(22(18)25-21)15-17-5-10-20(28-2)11-6-17/h3-12,14H,13,15H2,1-2H3,(H,23,25). The largest absolute Gasteiger partial charge is 0.497 e. The number of hydrogen-bond donors (Lipinski definition) is 1. The summed E-state index contributed by atoms with van der Waals surface area (Å²) >= 11 is 0. The monoisotopic (exact) mass is 374 g/mol. The van der Waals surface area contributed by atoms with E-state index in [0.29, 0.717) is 13.1 Å². The molecule has 0 aliphatic heterocycles. The number of hydrogen-bond acceptors (Lipinski definition) is 5. The van der Waals surface area contributed by atoms with Crippen LogP contribution in [-0.4, -0.2) is 29.0 Å². The molecule has 0 spiro atoms. The van der Waals surface area contributed by atoms with E-state index in [1.807, 2.05) is 71.5 Å². The molecule has 2 aromatic carbocycles. The van der Waals surface area contributed by atoms with Crippen molar-refractivity contribution in [3.8, 4) is 11.5 Å². The van der Waals surface area contributed by atoms with E-state index < -0.39 is 0 Å². The van der Waals surface area contributed by atoms with Gasteiger partial charge in [0.25, 0.3) is 0 Å². The lowest BCUT2D eigenvalue weighted by atomic mass is 10.2. The molecule has 0 aliphatic rings. The van der Waals surface area contributed by atoms with E-state index in [4.69, 9.17) is 14.5 Å². The van der Waals surface area contributed by atoms with E-state index in [0.717, 1.165) is 39.5 Å². The summed E-state index contributed by atoms with van der Waals surface area (Å²) in [5, 5.41) is 8.89. The van der Waals surface area contributed by atoms with E-state index >= 15 is 0 Å². The van der Waals surface area contributed by atoms with Crippen LogP contribution in [0.25, 0.3) is 11.0 Å². The van der Waals surface area contributed by atoms with Gasteiger partial charge >= 0.3 is 0 Å². The number of nitrogens with one attached hydrogen (secondary N) is 1. The Morgan fingerprint density at radius 1 is 0.821 bits per heavy atom. The summed E-state index contributed by atoms with van der Waals surface area (Å²) in [7, 11) is 3.34. The van der Waals surface area contributed by atoms with Crippen molar-refractivity contribution >= 4 is 16.9 Å². The van der Waals surface area contributed by atoms with E-state index in [9.17, 15) is 0 Å². The molecule has 28 heavy (non-hydrogen) atoms. The minimum Gasteiger partial charge on any atom is -0.497 e. The summed E-state index contributed by atoms with van der Waals surface area (Å²) in [5.74, 6) is 2.52. The zero-order valence-corrected chi connectivity index (χ0v) is 15.9. The molecule has 0 fully saturated rings. The van der Waals surface area contributed by atoms with Crippen LogP contribution in [0.4, 0.5) is 5.82 Å². The highest BCUT2D eigenvalue weighted by atomic mass is 16.5. The fraction of sp³-hybridized carbons (Fsp3) is 0.182. The maximum atomic E-state index is 5.22. The molecule has 0 amide bonds. The zero-order chi connectivity index (χ0) is 19.3. The molecule has 2 aromatic heterocycles. The summed E-state index contributed by atoms with van der Waals surface area (Å²) in [6, 6.07) is 20.0. The number of anilines is 1. The molecule has 0 bridgehead atoms. The number of methoxy groups -OCH3 is 2. The number of fused-ring (bicyclic) bond motifs is 1. The SMILES string of the molecule is COc1ccc(CNc2ccc3cnn(Cc4ccc(OC)cc4)c3n2)cc1. The van der Waals surface area contributed by atoms with Crippen molar-refractivity contribution in [1.29, 1.82) is 0 Å². The van der Waals surface area contributed by atoms with Crippen molar-refractivity contribution in [3.05, 3.63) is 78.0 Å². The second kappa shape index (κ2) is 8.00. The van der Waals surface area contributed by atoms with E-state index in [-0.39, 0.29) is 0 Å². The van der Waals surface area contributed by atoms with Gasteiger partial charge in [-0.1, -0.05) is 24.3 Å². The van der Waals surface area contributed by atoms with Gasteiger partial charge in [-0.3, -0.25) is 0 Å². The number of nitrogens with zero attached hydrogens (tertiary/aromatic N) is 3. The van der Waals surface area contributed by atoms with Gasteiger partial charge in [0, 0.05) is 11.9 Å². The first-order valence-electron chi connectivity index (χ1n) is 9.07. The molecule has 4 aromatic rings. The van der Waals surface area contributed by atoms with Gasteiger partial charge in [0.2, 0.25) is 0 Å². The minimum atomic E-state index is 0.655. The third-order valence-electron chi connectivity index (χ3n) is 4.61. The second-order valence-electron chi connectivity index (χ2n) is 6.46. The van der Waals surface area contributed by atoms with Crippen molar-refractivity contribution in [2.45, 2.75) is 13.1 Å². The summed E-state index contributed by atoms with van der Waals surface area (Å²) in [6.07, 6.45) is 1.85. The zero-order valence-electron chi connectivity index (χ0n) is 15.9. The van der Waals surface area contributed by atoms with Crippen LogP contribution in [0.15, 0.2) is 66.9 Å². The predicted octanol–water partition coefficient (Wildman–Crippen LogP) is 4.11. The molecule has 0 radical (unpaired) electrons. The maximum absolute atomic E-state index is 5.22. The van der Waals surface area contributed by atoms with Gasteiger partial charge in [-0.25, -0.2) is 9.67 Å². The normalized spacial score (nSPS) is 10.8. The Kier molecular flexibility index (Phi) is 5.10. The Balaban J connectivity index is 1.50. The quantitative estimate of drug-likeness (QED) is 0.527. The van der Waals surface area contributed by atoms with Crippen LogP contribution in [0.2, 0.25) is 0 Å². The van der Waals surface area contributed by atoms with Crippen LogP contribution in [-0.2, 0) is 13.1 Å². The first-order chi connectivity index (χ1) is 13.7. The third-order valence-corrected chi connectivity index (χ3v) is 4.61. The smallest absolute Gasteiger partial charge is 0.160 e. The van der Waals surface area contributed by atoms with Crippen LogP contribution in [0.3, 0.4) is 0 Å². The average molecular weight is 374 g/mol. The molecule has 4 rings (SSSR count). The summed E-state index contributed by atoms with van der Waals surface area (Å²) in [6.45, 7) is 1.34. The van der Waals surface area contributed by atoms with E-state index in [1.165, 1.54) is 0 Å². The molecule has 0 unspecified atom stereocenters. The first-order valence-corrected chi connectivity index (χ1v) is 9.07. The Labute approximate surface area is 163 Å². The average Bonchev–Trinajstić information content (AvgIpc) is 3.15. The number of rotatable bonds is 7. The van der Waals surface area contributed by atoms with Crippen molar-refractivity contribution in [2.75, 3.05) is 19.5 Å². The lowest BCUT2D eigenvalue weighted by molar-refractivity contribution is 0.414. The third kappa shape index (κ3) is 3.91. The molecule has 2 heterocycles. The van der Waals surface area contributed by atoms with Crippen molar-refractivity contribution in [1.82, 2.24) is 14.8 Å². The summed E-state index contributed by atoms with van der Waals surface area (Å²) in [4.78, 5) is 4.75. The van der Waals surface area contributed by atoms with Gasteiger partial charge < -0.3 is 14.8 Å². The highest BCUT2D eigenvalue weighted by molar-refractivity contribution is 5.76. The molecule has 0 saturated heterocycles. The van der Waals surface area contributed by atoms with Crippen molar-refractivity contribution in [3.63, 3.8) is 0 Å². The molecule has 6 nitrogen and oxygen atoms in total. The Morgan fingerprint density at radius 3 is 2.11 bits per heavy atom. The fourth-order valence-corrected chi connectivity index (χ4v) is 3.01. The molecule has 0 aliphatic carbocycles.